The Morgan fingerprint density at radius 1 is 1.04 bits per heavy atom. The number of amides is 8. The summed E-state index contributed by atoms with van der Waals surface area (Å²) in [5.41, 5.74) is -1.25. The van der Waals surface area contributed by atoms with E-state index in [9.17, 15) is 48.3 Å². The lowest BCUT2D eigenvalue weighted by Crippen LogP contribution is -2.63. The van der Waals surface area contributed by atoms with Gasteiger partial charge in [0.1, 0.15) is 47.3 Å². The molecule has 2 unspecified atom stereocenters. The van der Waals surface area contributed by atoms with Crippen molar-refractivity contribution in [1.29, 1.82) is 0 Å². The van der Waals surface area contributed by atoms with Gasteiger partial charge in [-0.15, -0.1) is 11.8 Å². The molecule has 0 aromatic heterocycles. The summed E-state index contributed by atoms with van der Waals surface area (Å²) in [6, 6.07) is 2.35. The van der Waals surface area contributed by atoms with Gasteiger partial charge in [-0.1, -0.05) is 64.8 Å². The highest BCUT2D eigenvalue weighted by Gasteiger charge is 2.64. The third-order valence-corrected chi connectivity index (χ3v) is 16.6. The van der Waals surface area contributed by atoms with Crippen molar-refractivity contribution in [1.82, 2.24) is 31.1 Å². The third-order valence-electron chi connectivity index (χ3n) is 14.5. The topological polar surface area (TPSA) is 309 Å². The van der Waals surface area contributed by atoms with E-state index in [1.165, 1.54) is 45.0 Å². The first-order chi connectivity index (χ1) is 39.4. The summed E-state index contributed by atoms with van der Waals surface area (Å²) < 4.78 is 46.0. The monoisotopic (exact) mass is 1270 g/mol. The number of fused-ring (bicyclic) bond motifs is 5. The first-order valence-corrected chi connectivity index (χ1v) is 29.5. The third kappa shape index (κ3) is 19.2. The minimum atomic E-state index is -1.90. The number of methoxy groups -OCH3 is 2. The molecule has 0 spiro atoms. The van der Waals surface area contributed by atoms with Crippen LogP contribution in [0.2, 0.25) is 5.02 Å². The maximum absolute atomic E-state index is 14.4. The number of imide groups is 1. The van der Waals surface area contributed by atoms with E-state index in [0.29, 0.717) is 17.9 Å². The van der Waals surface area contributed by atoms with Gasteiger partial charge in [0.15, 0.2) is 5.72 Å². The summed E-state index contributed by atoms with van der Waals surface area (Å²) in [7, 11) is 5.82. The molecule has 83 heavy (non-hydrogen) atoms. The number of nitrogens with zero attached hydrogens (tertiary/aromatic N) is 3. The largest absolute Gasteiger partial charge is 0.495 e. The zero-order chi connectivity index (χ0) is 61.2. The molecule has 4 aliphatic rings. The molecular formula is C55H77BrClN7O18S. The molecule has 0 radical (unpaired) electrons. The number of likely N-dealkylation sites (tertiary alicyclic amines) is 1. The maximum atomic E-state index is 14.4. The standard InChI is InChI=1S/C55H77BrClN7O18S/c1-10-43(65)59-29-36(30-60-44(66)28-56)79-31-45(67)58-15-17-77-19-20-78-18-16-64-48(70)25-40(51(64)71)83-21-14-46(68)62(6)34(4)52(72)81-42-26-47(69)63(7)37-23-35(24-38(75-8)49(37)57)22-32(2)12-11-13-41(76-9)55(74)27-39(80-53(73)61-55)33(3)50-54(42,5)82-50/h10-13,23-24,33-34,36,39-42,50,74H,1,14-22,25-31H2,2-9H3,(H,58,67)(H,59,65)(H,60,66)(H,61,73)/b13-11+,32-12+/t33-,34+,36?,39+,40?,41-,42+,50+,54+,55+/m1/s1. The second-order valence-electron chi connectivity index (χ2n) is 20.5. The number of esters is 1. The Labute approximate surface area is 500 Å². The molecule has 4 aliphatic heterocycles. The van der Waals surface area contributed by atoms with Gasteiger partial charge >= 0.3 is 12.1 Å². The van der Waals surface area contributed by atoms with E-state index in [0.717, 1.165) is 33.9 Å². The first kappa shape index (κ1) is 68.1. The number of hydrogen-bond donors (Lipinski definition) is 5. The van der Waals surface area contributed by atoms with Crippen LogP contribution in [0.3, 0.4) is 0 Å². The smallest absolute Gasteiger partial charge is 0.409 e. The number of nitrogens with one attached hydrogen (secondary N) is 4. The molecule has 5 N–H and O–H groups in total. The number of likely N-dealkylation sites (N-methyl/N-ethyl adjacent to an activating group) is 1. The number of ether oxygens (including phenoxy) is 8. The number of thioether (sulfide) groups is 1. The highest BCUT2D eigenvalue weighted by molar-refractivity contribution is 9.09. The number of alkyl halides is 1. The van der Waals surface area contributed by atoms with Crippen LogP contribution >= 0.6 is 39.3 Å². The number of anilines is 1. The Morgan fingerprint density at radius 2 is 1.75 bits per heavy atom. The van der Waals surface area contributed by atoms with Gasteiger partial charge in [0.25, 0.3) is 0 Å². The molecule has 460 valence electrons. The molecule has 25 nitrogen and oxygen atoms in total. The van der Waals surface area contributed by atoms with Gasteiger partial charge in [-0.3, -0.25) is 43.8 Å². The summed E-state index contributed by atoms with van der Waals surface area (Å²) >= 11 is 11.0. The number of epoxide rings is 1. The number of rotatable bonds is 27. The Bertz CT molecular complexity index is 2600. The fraction of sp³-hybridized carbons (Fsp3) is 0.618. The minimum absolute atomic E-state index is 0.00543. The van der Waals surface area contributed by atoms with Gasteiger partial charge in [-0.2, -0.15) is 0 Å². The molecule has 0 aliphatic carbocycles. The van der Waals surface area contributed by atoms with Crippen LogP contribution in [0.15, 0.2) is 48.6 Å². The molecule has 3 fully saturated rings. The predicted octanol–water partition coefficient (Wildman–Crippen LogP) is 2.11. The summed E-state index contributed by atoms with van der Waals surface area (Å²) in [6.45, 7) is 10.6. The van der Waals surface area contributed by atoms with Crippen LogP contribution in [0, 0.1) is 5.92 Å². The summed E-state index contributed by atoms with van der Waals surface area (Å²) in [5.74, 6) is -3.92. The zero-order valence-corrected chi connectivity index (χ0v) is 51.2. The maximum Gasteiger partial charge on any atom is 0.409 e. The van der Waals surface area contributed by atoms with Crippen molar-refractivity contribution in [3.05, 3.63) is 59.2 Å². The van der Waals surface area contributed by atoms with Gasteiger partial charge < -0.3 is 68.8 Å². The van der Waals surface area contributed by atoms with Gasteiger partial charge in [-0.05, 0) is 51.0 Å². The summed E-state index contributed by atoms with van der Waals surface area (Å²) in [5, 5.41) is 21.7. The zero-order valence-electron chi connectivity index (χ0n) is 48.0. The fourth-order valence-electron chi connectivity index (χ4n) is 9.44. The van der Waals surface area contributed by atoms with E-state index in [1.54, 1.807) is 38.1 Å². The van der Waals surface area contributed by atoms with Crippen LogP contribution in [0.5, 0.6) is 5.75 Å². The number of allylic oxidation sites excluding steroid dienone is 3. The number of aliphatic hydroxyl groups is 1. The van der Waals surface area contributed by atoms with Gasteiger partial charge in [0.2, 0.25) is 41.4 Å². The predicted molar refractivity (Wildman–Crippen MR) is 308 cm³/mol. The first-order valence-electron chi connectivity index (χ1n) is 27.0. The fourth-order valence-corrected chi connectivity index (χ4v) is 11.1. The Balaban J connectivity index is 1.11. The molecule has 5 rings (SSSR count). The molecule has 4 heterocycles. The van der Waals surface area contributed by atoms with E-state index in [-0.39, 0.29) is 106 Å². The lowest BCUT2D eigenvalue weighted by Gasteiger charge is -2.42. The minimum Gasteiger partial charge on any atom is -0.495 e. The molecular weight excluding hydrogens is 1190 g/mol. The second kappa shape index (κ2) is 32.0. The van der Waals surface area contributed by atoms with Crippen molar-refractivity contribution in [2.45, 2.75) is 113 Å². The number of hydrogen-bond acceptors (Lipinski definition) is 19. The van der Waals surface area contributed by atoms with Gasteiger partial charge in [0.05, 0.1) is 75.0 Å². The van der Waals surface area contributed by atoms with Crippen molar-refractivity contribution in [3.8, 4) is 5.75 Å². The lowest BCUT2D eigenvalue weighted by molar-refractivity contribution is -0.162. The van der Waals surface area contributed by atoms with Crippen molar-refractivity contribution in [2.24, 2.45) is 5.92 Å². The normalized spacial score (nSPS) is 26.2. The van der Waals surface area contributed by atoms with Crippen molar-refractivity contribution in [2.75, 3.05) is 104 Å². The highest BCUT2D eigenvalue weighted by atomic mass is 79.9. The van der Waals surface area contributed by atoms with E-state index in [4.69, 9.17) is 49.5 Å². The molecule has 1 aromatic rings. The number of halogens is 2. The van der Waals surface area contributed by atoms with Crippen LogP contribution in [0.1, 0.15) is 58.9 Å². The molecule has 8 amide bonds. The molecule has 28 heteroatoms. The van der Waals surface area contributed by atoms with Crippen molar-refractivity contribution in [3.63, 3.8) is 0 Å². The van der Waals surface area contributed by atoms with Crippen LogP contribution in [-0.4, -0.2) is 220 Å². The number of alkyl carbamates (subject to hydrolysis) is 1. The second-order valence-corrected chi connectivity index (χ2v) is 22.7. The highest BCUT2D eigenvalue weighted by Crippen LogP contribution is 2.49. The quantitative estimate of drug-likeness (QED) is 0.0210. The molecule has 1 aromatic carbocycles. The molecule has 3 saturated heterocycles. The molecule has 10 atom stereocenters. The van der Waals surface area contributed by atoms with E-state index in [2.05, 4.69) is 43.8 Å². The average molecular weight is 1270 g/mol. The van der Waals surface area contributed by atoms with E-state index < -0.39 is 107 Å². The van der Waals surface area contributed by atoms with E-state index >= 15 is 0 Å². The van der Waals surface area contributed by atoms with Crippen molar-refractivity contribution >= 4 is 98.4 Å². The number of benzene rings is 1. The van der Waals surface area contributed by atoms with E-state index in [1.807, 2.05) is 13.0 Å². The van der Waals surface area contributed by atoms with Crippen LogP contribution in [0.25, 0.3) is 0 Å². The summed E-state index contributed by atoms with van der Waals surface area (Å²) in [6.07, 6.45) is 0.486. The average Bonchev–Trinajstić information content (AvgIpc) is 4.23. The Hall–Kier alpha value is -5.65. The Morgan fingerprint density at radius 3 is 2.43 bits per heavy atom. The molecule has 0 saturated carbocycles. The Kier molecular flexibility index (Phi) is 26.3. The van der Waals surface area contributed by atoms with Crippen LogP contribution in [-0.2, 0) is 77.9 Å². The van der Waals surface area contributed by atoms with Gasteiger partial charge in [-0.25, -0.2) is 9.59 Å². The lowest BCUT2D eigenvalue weighted by atomic mass is 9.83. The van der Waals surface area contributed by atoms with Crippen LogP contribution in [0.4, 0.5) is 10.5 Å². The summed E-state index contributed by atoms with van der Waals surface area (Å²) in [4.78, 5) is 120. The SMILES string of the molecule is C=CC(=O)NCC(CNC(=O)CBr)OCC(=O)NCCOCCOCCN1C(=O)CC(SCCC(=O)N(C)[C@@H](C)C(=O)O[C@H]2CC(=O)N(C)c3cc(cc(OC)c3Cl)C/C(C)=C/C=C/[C@@H](OC)[C@@]3(O)C[C@H](OC(=O)N3)[C@@H](C)[C@@H]3O[C@@]23C)C1=O. The van der Waals surface area contributed by atoms with Gasteiger partial charge in [0, 0.05) is 71.8 Å². The number of carbonyl (C=O) groups excluding carboxylic acids is 9. The molecule has 4 bridgehead atoms. The van der Waals surface area contributed by atoms with Crippen molar-refractivity contribution < 1.29 is 86.2 Å². The van der Waals surface area contributed by atoms with Crippen LogP contribution < -0.4 is 30.9 Å². The number of carbonyl (C=O) groups is 9.